The minimum absolute atomic E-state index is 0.0238. The molecule has 14 atom stereocenters. The summed E-state index contributed by atoms with van der Waals surface area (Å²) in [6, 6.07) is 0. The van der Waals surface area contributed by atoms with Gasteiger partial charge in [0.25, 0.3) is 0 Å². The van der Waals surface area contributed by atoms with E-state index in [9.17, 15) is 30.3 Å². The minimum atomic E-state index is -1.38. The largest absolute Gasteiger partial charge is 0.396 e. The minimum Gasteiger partial charge on any atom is -0.396 e. The lowest BCUT2D eigenvalue weighted by Crippen LogP contribution is -2.94. The molecule has 9 heteroatoms. The van der Waals surface area contributed by atoms with Gasteiger partial charge in [-0.05, 0) is 112 Å². The van der Waals surface area contributed by atoms with Crippen LogP contribution in [-0.2, 0) is 9.53 Å². The lowest BCUT2D eigenvalue weighted by Gasteiger charge is -2.60. The van der Waals surface area contributed by atoms with Crippen molar-refractivity contribution in [2.24, 2.45) is 45.7 Å². The lowest BCUT2D eigenvalue weighted by molar-refractivity contribution is -0.699. The zero-order valence-corrected chi connectivity index (χ0v) is 29.0. The van der Waals surface area contributed by atoms with Crippen molar-refractivity contribution >= 4 is 5.78 Å². The standard InChI is InChI=1S/C37H62N2O7/c1-6-12-36(44,31-30(46-31)35(5,43)32(2,21-40)13-7-22-11-17-39-29(38)18-22)28-10-16-37(45)25-20-27(42)26-19-23(41)8-14-33(26,3)24(25)9-15-34(28,37)4/h20,22-24,26,28-31,39-41,43-45H,6-19,21,38H2,1-5H3/p+1/t22?,23-,24+,26+,28+,29?,30-,31+,32-,33+,34+,35-,36+,37-/m0/s1. The molecule has 0 amide bonds. The van der Waals surface area contributed by atoms with Gasteiger partial charge in [-0.2, -0.15) is 0 Å². The van der Waals surface area contributed by atoms with Crippen molar-refractivity contribution in [1.82, 2.24) is 0 Å². The number of fused-ring (bicyclic) bond motifs is 5. The van der Waals surface area contributed by atoms with Crippen LogP contribution in [0, 0.1) is 39.9 Å². The van der Waals surface area contributed by atoms with Gasteiger partial charge in [-0.1, -0.05) is 34.1 Å². The van der Waals surface area contributed by atoms with Gasteiger partial charge in [0.1, 0.15) is 18.4 Å². The summed E-state index contributed by atoms with van der Waals surface area (Å²) in [6.45, 7) is 10.8. The zero-order valence-electron chi connectivity index (χ0n) is 29.0. The van der Waals surface area contributed by atoms with Gasteiger partial charge in [-0.25, -0.2) is 0 Å². The van der Waals surface area contributed by atoms with E-state index in [-0.39, 0.29) is 41.7 Å². The summed E-state index contributed by atoms with van der Waals surface area (Å²) in [4.78, 5) is 13.6. The van der Waals surface area contributed by atoms with Crippen molar-refractivity contribution in [3.8, 4) is 0 Å². The van der Waals surface area contributed by atoms with Crippen LogP contribution in [0.4, 0.5) is 0 Å². The summed E-state index contributed by atoms with van der Waals surface area (Å²) in [5, 5.41) is 60.9. The van der Waals surface area contributed by atoms with Gasteiger partial charge >= 0.3 is 0 Å². The monoisotopic (exact) mass is 647 g/mol. The molecule has 0 aromatic carbocycles. The van der Waals surface area contributed by atoms with Gasteiger partial charge in [-0.3, -0.25) is 10.5 Å². The van der Waals surface area contributed by atoms with Crippen molar-refractivity contribution in [1.29, 1.82) is 0 Å². The zero-order chi connectivity index (χ0) is 33.5. The predicted octanol–water partition coefficient (Wildman–Crippen LogP) is 2.31. The number of nitrogens with two attached hydrogens (primary N) is 2. The Morgan fingerprint density at radius 2 is 1.76 bits per heavy atom. The third-order valence-electron chi connectivity index (χ3n) is 15.2. The number of ketones is 1. The van der Waals surface area contributed by atoms with E-state index in [4.69, 9.17) is 10.5 Å². The predicted molar refractivity (Wildman–Crippen MR) is 174 cm³/mol. The molecule has 0 aromatic heterocycles. The number of allylic oxidation sites excluding steroid dienone is 1. The SMILES string of the molecule is CCC[C@](O)([C@@H]1O[C@@H]1[C@](C)(O)[C@](C)(CO)CCC1CC[NH2+]C(N)C1)[C@@H]1CC[C@]2(O)C3=CC(=O)[C@H]4C[C@@H](O)CC[C@]4(C)[C@@H]3CC[C@]12C. The van der Waals surface area contributed by atoms with Gasteiger partial charge in [0.15, 0.2) is 5.78 Å². The normalized spacial score (nSPS) is 47.8. The van der Waals surface area contributed by atoms with Crippen molar-refractivity contribution < 1.29 is 40.4 Å². The third kappa shape index (κ3) is 5.12. The first-order valence-corrected chi connectivity index (χ1v) is 18.5. The highest BCUT2D eigenvalue weighted by molar-refractivity contribution is 5.95. The highest BCUT2D eigenvalue weighted by Crippen LogP contribution is 2.70. The maximum Gasteiger partial charge on any atom is 0.159 e. The third-order valence-corrected chi connectivity index (χ3v) is 15.2. The maximum atomic E-state index is 13.6. The number of piperidine rings is 1. The number of carbonyl (C=O) groups excluding carboxylic acids is 1. The van der Waals surface area contributed by atoms with Crippen molar-refractivity contribution in [2.45, 2.75) is 159 Å². The summed E-state index contributed by atoms with van der Waals surface area (Å²) >= 11 is 0. The van der Waals surface area contributed by atoms with Crippen LogP contribution in [0.1, 0.15) is 118 Å². The number of hydrogen-bond donors (Lipinski definition) is 7. The first-order valence-electron chi connectivity index (χ1n) is 18.5. The molecule has 9 N–H and O–H groups in total. The molecule has 2 saturated heterocycles. The second kappa shape index (κ2) is 11.9. The molecule has 0 bridgehead atoms. The van der Waals surface area contributed by atoms with Gasteiger partial charge in [-0.15, -0.1) is 0 Å². The molecule has 5 fully saturated rings. The second-order valence-electron chi connectivity index (χ2n) is 17.7. The summed E-state index contributed by atoms with van der Waals surface area (Å²) in [5.74, 6) is 0.0518. The van der Waals surface area contributed by atoms with E-state index in [1.165, 1.54) is 0 Å². The van der Waals surface area contributed by atoms with Crippen LogP contribution in [0.5, 0.6) is 0 Å². The molecule has 2 aliphatic heterocycles. The number of rotatable bonds is 10. The van der Waals surface area contributed by atoms with E-state index >= 15 is 0 Å². The fourth-order valence-electron chi connectivity index (χ4n) is 11.7. The fourth-order valence-corrected chi connectivity index (χ4v) is 11.7. The molecule has 46 heavy (non-hydrogen) atoms. The van der Waals surface area contributed by atoms with Gasteiger partial charge in [0.2, 0.25) is 0 Å². The van der Waals surface area contributed by atoms with Crippen molar-refractivity contribution in [3.05, 3.63) is 11.6 Å². The molecule has 0 aromatic rings. The molecular formula is C37H63N2O7+. The molecule has 0 spiro atoms. The van der Waals surface area contributed by atoms with Crippen LogP contribution in [0.2, 0.25) is 0 Å². The summed E-state index contributed by atoms with van der Waals surface area (Å²) in [7, 11) is 0. The fraction of sp³-hybridized carbons (Fsp3) is 0.919. The molecule has 9 nitrogen and oxygen atoms in total. The van der Waals surface area contributed by atoms with Gasteiger partial charge in [0.05, 0.1) is 36.1 Å². The molecule has 2 unspecified atom stereocenters. The number of epoxide rings is 1. The Hall–Kier alpha value is -0.910. The topological polar surface area (TPSA) is 173 Å². The van der Waals surface area contributed by atoms with Crippen LogP contribution in [-0.4, -0.2) is 85.7 Å². The van der Waals surface area contributed by atoms with E-state index in [0.29, 0.717) is 44.4 Å². The Bertz CT molecular complexity index is 1210. The van der Waals surface area contributed by atoms with Crippen molar-refractivity contribution in [3.63, 3.8) is 0 Å². The molecular weight excluding hydrogens is 584 g/mol. The number of carbonyl (C=O) groups is 1. The summed E-state index contributed by atoms with van der Waals surface area (Å²) in [5.41, 5.74) is 1.39. The number of aliphatic hydroxyl groups is 5. The van der Waals surface area contributed by atoms with Crippen LogP contribution in [0.15, 0.2) is 11.6 Å². The van der Waals surface area contributed by atoms with Crippen LogP contribution in [0.25, 0.3) is 0 Å². The van der Waals surface area contributed by atoms with E-state index in [1.807, 2.05) is 13.8 Å². The van der Waals surface area contributed by atoms with E-state index in [1.54, 1.807) is 13.0 Å². The quantitative estimate of drug-likeness (QED) is 0.177. The number of quaternary nitrogens is 1. The Kier molecular flexibility index (Phi) is 9.01. The van der Waals surface area contributed by atoms with Gasteiger partial charge < -0.3 is 35.6 Å². The van der Waals surface area contributed by atoms with E-state index in [2.05, 4.69) is 19.2 Å². The first kappa shape index (κ1) is 34.9. The summed E-state index contributed by atoms with van der Waals surface area (Å²) < 4.78 is 6.34. The Morgan fingerprint density at radius 1 is 1.02 bits per heavy atom. The smallest absolute Gasteiger partial charge is 0.159 e. The number of aliphatic hydroxyl groups excluding tert-OH is 2. The summed E-state index contributed by atoms with van der Waals surface area (Å²) in [6.07, 6.45) is 9.39. The first-order chi connectivity index (χ1) is 21.5. The number of hydrogen-bond acceptors (Lipinski definition) is 8. The molecule has 2 heterocycles. The van der Waals surface area contributed by atoms with E-state index < -0.39 is 45.9 Å². The van der Waals surface area contributed by atoms with Crippen LogP contribution < -0.4 is 11.1 Å². The molecule has 262 valence electrons. The second-order valence-corrected chi connectivity index (χ2v) is 17.7. The Morgan fingerprint density at radius 3 is 2.43 bits per heavy atom. The Balaban J connectivity index is 1.25. The highest BCUT2D eigenvalue weighted by Gasteiger charge is 2.73. The maximum absolute atomic E-state index is 13.6. The van der Waals surface area contributed by atoms with E-state index in [0.717, 1.165) is 57.1 Å². The molecule has 0 radical (unpaired) electrons. The van der Waals surface area contributed by atoms with Gasteiger partial charge in [0, 0.05) is 23.2 Å². The van der Waals surface area contributed by atoms with Crippen LogP contribution >= 0.6 is 0 Å². The Labute approximate surface area is 275 Å². The molecule has 3 saturated carbocycles. The molecule has 6 rings (SSSR count). The van der Waals surface area contributed by atoms with Crippen molar-refractivity contribution in [2.75, 3.05) is 13.2 Å². The average Bonchev–Trinajstić information content (AvgIpc) is 3.77. The number of ether oxygens (including phenoxy) is 1. The average molecular weight is 648 g/mol. The highest BCUT2D eigenvalue weighted by atomic mass is 16.6. The molecule has 6 aliphatic rings. The van der Waals surface area contributed by atoms with Crippen LogP contribution in [0.3, 0.4) is 0 Å². The lowest BCUT2D eigenvalue weighted by atomic mass is 9.45. The molecule has 4 aliphatic carbocycles.